The SMILES string of the molecule is O=S(=O)(O)c1ccc2c(c1)-c1cc3[nH]c(cc4nc(cc5[nH]c(cc-2n1)c1cc(S(=O)(=O)O)ccc51)-c1cc(S(=O)(=O)O)ccc1-4)c1cc(S(=O)(=O)O)ccc31. The summed E-state index contributed by atoms with van der Waals surface area (Å²) in [6, 6.07) is 21.7. The molecule has 0 fully saturated rings. The van der Waals surface area contributed by atoms with Crippen molar-refractivity contribution >= 4 is 84.1 Å². The summed E-state index contributed by atoms with van der Waals surface area (Å²) in [6.45, 7) is 0. The highest BCUT2D eigenvalue weighted by Crippen LogP contribution is 2.42. The molecule has 0 radical (unpaired) electrons. The minimum absolute atomic E-state index is 0.204. The van der Waals surface area contributed by atoms with Gasteiger partial charge in [0.1, 0.15) is 0 Å². The van der Waals surface area contributed by atoms with Crippen LogP contribution < -0.4 is 0 Å². The molecular weight excluding hydrogens is 809 g/mol. The molecule has 2 aliphatic heterocycles. The molecule has 2 aliphatic rings. The predicted octanol–water partition coefficient (Wildman–Crippen LogP) is 6.28. The van der Waals surface area contributed by atoms with E-state index in [-0.39, 0.29) is 33.9 Å². The minimum Gasteiger partial charge on any atom is -0.354 e. The second-order valence-electron chi connectivity index (χ2n) is 13.0. The van der Waals surface area contributed by atoms with Crippen LogP contribution in [0.3, 0.4) is 0 Å². The molecule has 0 saturated heterocycles. The summed E-state index contributed by atoms with van der Waals surface area (Å²) in [6.07, 6.45) is 0. The van der Waals surface area contributed by atoms with Crippen LogP contribution in [0.1, 0.15) is 0 Å². The van der Waals surface area contributed by atoms with Crippen LogP contribution >= 0.6 is 0 Å². The molecule has 0 atom stereocenters. The lowest BCUT2D eigenvalue weighted by atomic mass is 10.0. The first-order valence-electron chi connectivity index (χ1n) is 16.0. The maximum absolute atomic E-state index is 12.2. The summed E-state index contributed by atoms with van der Waals surface area (Å²) < 4.78 is 137. The Morgan fingerprint density at radius 3 is 0.964 bits per heavy atom. The molecule has 3 aromatic heterocycles. The number of nitrogens with zero attached hydrogens (tertiary/aromatic N) is 2. The van der Waals surface area contributed by atoms with Crippen LogP contribution in [0.25, 0.3) is 88.6 Å². The van der Waals surface area contributed by atoms with Gasteiger partial charge in [-0.05, 0) is 72.8 Å². The average molecular weight is 831 g/mol. The summed E-state index contributed by atoms with van der Waals surface area (Å²) in [4.78, 5) is 14.4. The van der Waals surface area contributed by atoms with E-state index in [1.807, 2.05) is 0 Å². The Hall–Kier alpha value is -5.84. The van der Waals surface area contributed by atoms with Gasteiger partial charge < -0.3 is 9.97 Å². The largest absolute Gasteiger partial charge is 0.354 e. The summed E-state index contributed by atoms with van der Waals surface area (Å²) in [5.74, 6) is 0. The van der Waals surface area contributed by atoms with Crippen molar-refractivity contribution in [1.29, 1.82) is 0 Å². The van der Waals surface area contributed by atoms with Crippen LogP contribution in [0, 0.1) is 0 Å². The van der Waals surface area contributed by atoms with Crippen LogP contribution in [0.4, 0.5) is 0 Å². The molecule has 0 spiro atoms. The van der Waals surface area contributed by atoms with Gasteiger partial charge in [0.2, 0.25) is 0 Å². The van der Waals surface area contributed by atoms with E-state index in [1.54, 1.807) is 24.3 Å². The zero-order valence-corrected chi connectivity index (χ0v) is 31.1. The van der Waals surface area contributed by atoms with E-state index >= 15 is 0 Å². The van der Waals surface area contributed by atoms with Crippen LogP contribution in [-0.2, 0) is 40.5 Å². The van der Waals surface area contributed by atoms with Crippen LogP contribution in [-0.4, -0.2) is 71.8 Å². The van der Waals surface area contributed by atoms with Gasteiger partial charge in [-0.3, -0.25) is 18.2 Å². The number of rotatable bonds is 4. The van der Waals surface area contributed by atoms with Crippen molar-refractivity contribution in [2.45, 2.75) is 19.6 Å². The number of nitrogens with one attached hydrogen (secondary N) is 2. The summed E-state index contributed by atoms with van der Waals surface area (Å²) in [5, 5.41) is 1.49. The fourth-order valence-electron chi connectivity index (χ4n) is 7.02. The summed E-state index contributed by atoms with van der Waals surface area (Å²) >= 11 is 0. The highest BCUT2D eigenvalue weighted by molar-refractivity contribution is 7.86. The quantitative estimate of drug-likeness (QED) is 0.107. The first-order valence-corrected chi connectivity index (χ1v) is 21.8. The van der Waals surface area contributed by atoms with Crippen LogP contribution in [0.2, 0.25) is 0 Å². The lowest BCUT2D eigenvalue weighted by Gasteiger charge is -2.03. The van der Waals surface area contributed by atoms with Gasteiger partial charge in [0.15, 0.2) is 0 Å². The van der Waals surface area contributed by atoms with E-state index in [0.717, 1.165) is 0 Å². The summed E-state index contributed by atoms with van der Waals surface area (Å²) in [5.41, 5.74) is 3.61. The van der Waals surface area contributed by atoms with Gasteiger partial charge in [-0.2, -0.15) is 33.7 Å². The molecule has 6 N–H and O–H groups in total. The smallest absolute Gasteiger partial charge is 0.294 e. The van der Waals surface area contributed by atoms with Gasteiger partial charge in [0, 0.05) is 65.9 Å². The van der Waals surface area contributed by atoms with Crippen molar-refractivity contribution in [2.75, 3.05) is 0 Å². The first kappa shape index (κ1) is 35.8. The topological polar surface area (TPSA) is 275 Å². The Kier molecular flexibility index (Phi) is 7.57. The number of hydrogen-bond donors (Lipinski definition) is 6. The normalized spacial score (nSPS) is 13.2. The Morgan fingerprint density at radius 2 is 0.625 bits per heavy atom. The maximum Gasteiger partial charge on any atom is 0.294 e. The first-order chi connectivity index (χ1) is 26.2. The third-order valence-corrected chi connectivity index (χ3v) is 13.0. The van der Waals surface area contributed by atoms with Gasteiger partial charge in [-0.1, -0.05) is 24.3 Å². The molecule has 5 heterocycles. The zero-order chi connectivity index (χ0) is 39.7. The van der Waals surface area contributed by atoms with Crippen molar-refractivity contribution in [1.82, 2.24) is 19.9 Å². The summed E-state index contributed by atoms with van der Waals surface area (Å²) in [7, 11) is -18.7. The van der Waals surface area contributed by atoms with Crippen molar-refractivity contribution < 1.29 is 51.9 Å². The fraction of sp³-hybridized carbons (Fsp3) is 0. The van der Waals surface area contributed by atoms with E-state index < -0.39 is 60.1 Å². The van der Waals surface area contributed by atoms with Crippen molar-refractivity contribution in [2.24, 2.45) is 0 Å². The molecule has 0 amide bonds. The zero-order valence-electron chi connectivity index (χ0n) is 27.8. The molecule has 8 bridgehead atoms. The van der Waals surface area contributed by atoms with Gasteiger partial charge in [0.05, 0.1) is 42.4 Å². The minimum atomic E-state index is -4.67. The molecule has 282 valence electrons. The number of H-pyrrole nitrogens is 2. The number of hydrogen-bond acceptors (Lipinski definition) is 10. The Labute approximate surface area is 316 Å². The Bertz CT molecular complexity index is 3360. The standard InChI is InChI=1S/C36H22N4O12S4/c41-53(42,43)17-1-5-21-25(9-17)33-14-30-23-7-3-19(55(47,48)49)11-27(23)35(39-30)16-32-24-8-4-20(56(50,51)52)12-28(24)36(40-32)15-31-22-6-2-18(54(44,45)46)10-26(22)34(38-31)13-29(21)37-33/h1-16,37,40H,(H,41,42,43)(H,44,45,46)(H,47,48,49)(H,50,51,52). The second kappa shape index (κ2) is 11.8. The highest BCUT2D eigenvalue weighted by Gasteiger charge is 2.24. The molecule has 16 nitrogen and oxygen atoms in total. The Morgan fingerprint density at radius 1 is 0.339 bits per heavy atom. The maximum atomic E-state index is 12.2. The molecular formula is C36H22N4O12S4. The van der Waals surface area contributed by atoms with Crippen molar-refractivity contribution in [3.63, 3.8) is 0 Å². The van der Waals surface area contributed by atoms with E-state index in [9.17, 15) is 51.9 Å². The molecule has 56 heavy (non-hydrogen) atoms. The van der Waals surface area contributed by atoms with Crippen LogP contribution in [0.15, 0.2) is 117 Å². The third-order valence-electron chi connectivity index (χ3n) is 9.56. The van der Waals surface area contributed by atoms with Gasteiger partial charge >= 0.3 is 0 Å². The molecule has 4 aromatic carbocycles. The lowest BCUT2D eigenvalue weighted by Crippen LogP contribution is -1.98. The van der Waals surface area contributed by atoms with Crippen molar-refractivity contribution in [3.05, 3.63) is 97.1 Å². The monoisotopic (exact) mass is 830 g/mol. The van der Waals surface area contributed by atoms with E-state index in [4.69, 9.17) is 9.97 Å². The van der Waals surface area contributed by atoms with E-state index in [1.165, 1.54) is 72.8 Å². The second-order valence-corrected chi connectivity index (χ2v) is 18.7. The molecule has 20 heteroatoms. The van der Waals surface area contributed by atoms with E-state index in [0.29, 0.717) is 54.7 Å². The fourth-order valence-corrected chi connectivity index (χ4v) is 9.05. The number of benzene rings is 4. The number of aromatic nitrogens is 4. The lowest BCUT2D eigenvalue weighted by molar-refractivity contribution is 0.481. The van der Waals surface area contributed by atoms with Gasteiger partial charge in [-0.15, -0.1) is 0 Å². The molecule has 0 saturated carbocycles. The number of fused-ring (bicyclic) bond motifs is 20. The van der Waals surface area contributed by atoms with Gasteiger partial charge in [-0.25, -0.2) is 9.97 Å². The highest BCUT2D eigenvalue weighted by atomic mass is 32.2. The third kappa shape index (κ3) is 5.95. The molecule has 0 unspecified atom stereocenters. The van der Waals surface area contributed by atoms with Gasteiger partial charge in [0.25, 0.3) is 40.5 Å². The Balaban J connectivity index is 1.50. The molecule has 9 rings (SSSR count). The number of aromatic amines is 2. The predicted molar refractivity (Wildman–Crippen MR) is 204 cm³/mol. The molecule has 7 aromatic rings. The molecule has 0 aliphatic carbocycles. The average Bonchev–Trinajstić information content (AvgIpc) is 3.84. The van der Waals surface area contributed by atoms with Crippen molar-refractivity contribution in [3.8, 4) is 45.0 Å². The van der Waals surface area contributed by atoms with E-state index in [2.05, 4.69) is 9.97 Å². The van der Waals surface area contributed by atoms with Crippen LogP contribution in [0.5, 0.6) is 0 Å².